The zero-order chi connectivity index (χ0) is 14.7. The number of halogens is 1. The highest BCUT2D eigenvalue weighted by atomic mass is 79.9. The van der Waals surface area contributed by atoms with Crippen molar-refractivity contribution in [2.24, 2.45) is 0 Å². The summed E-state index contributed by atoms with van der Waals surface area (Å²) in [6, 6.07) is 4.80. The Bertz CT molecular complexity index is 677. The van der Waals surface area contributed by atoms with Crippen molar-refractivity contribution in [2.75, 3.05) is 0 Å². The Morgan fingerprint density at radius 2 is 1.90 bits per heavy atom. The van der Waals surface area contributed by atoms with Gasteiger partial charge in [0.1, 0.15) is 5.69 Å². The summed E-state index contributed by atoms with van der Waals surface area (Å²) < 4.78 is 0.824. The van der Waals surface area contributed by atoms with Crippen molar-refractivity contribution in [3.8, 4) is 0 Å². The maximum atomic E-state index is 11.7. The first-order chi connectivity index (χ1) is 9.47. The van der Waals surface area contributed by atoms with E-state index in [0.717, 1.165) is 3.79 Å². The molecule has 2 amide bonds. The van der Waals surface area contributed by atoms with E-state index < -0.39 is 11.8 Å². The summed E-state index contributed by atoms with van der Waals surface area (Å²) in [7, 11) is 0. The number of aromatic nitrogens is 1. The van der Waals surface area contributed by atoms with Crippen molar-refractivity contribution in [2.45, 2.75) is 6.92 Å². The fourth-order valence-electron chi connectivity index (χ4n) is 1.41. The van der Waals surface area contributed by atoms with Crippen LogP contribution in [0.15, 0.2) is 28.2 Å². The summed E-state index contributed by atoms with van der Waals surface area (Å²) in [4.78, 5) is 37.7. The smallest absolute Gasteiger partial charge is 0.286 e. The van der Waals surface area contributed by atoms with Gasteiger partial charge in [0.15, 0.2) is 5.78 Å². The number of amides is 2. The molecule has 6 nitrogen and oxygen atoms in total. The number of ketones is 1. The average Bonchev–Trinajstić information content (AvgIpc) is 3.04. The van der Waals surface area contributed by atoms with Gasteiger partial charge in [-0.25, -0.2) is 0 Å². The molecule has 20 heavy (non-hydrogen) atoms. The maximum absolute atomic E-state index is 11.7. The molecule has 0 aliphatic heterocycles. The Labute approximate surface area is 126 Å². The van der Waals surface area contributed by atoms with Crippen LogP contribution in [0.1, 0.15) is 37.4 Å². The van der Waals surface area contributed by atoms with Crippen LogP contribution >= 0.6 is 27.3 Å². The highest BCUT2D eigenvalue weighted by Gasteiger charge is 2.13. The number of H-pyrrole nitrogens is 1. The molecule has 0 bridgehead atoms. The molecule has 0 saturated heterocycles. The SMILES string of the molecule is CC(=O)c1c[nH]c(C(=O)NNC(=O)c2ccc(Br)s2)c1. The van der Waals surface area contributed by atoms with Gasteiger partial charge >= 0.3 is 0 Å². The molecule has 8 heteroatoms. The first-order valence-corrected chi connectivity index (χ1v) is 7.13. The number of aromatic amines is 1. The zero-order valence-electron chi connectivity index (χ0n) is 10.3. The van der Waals surface area contributed by atoms with Crippen LogP contribution in [-0.4, -0.2) is 22.6 Å². The van der Waals surface area contributed by atoms with Gasteiger partial charge in [-0.15, -0.1) is 11.3 Å². The van der Waals surface area contributed by atoms with E-state index in [0.29, 0.717) is 10.4 Å². The number of nitrogens with one attached hydrogen (secondary N) is 3. The molecule has 0 saturated carbocycles. The Morgan fingerprint density at radius 1 is 1.20 bits per heavy atom. The van der Waals surface area contributed by atoms with Gasteiger partial charge in [0.05, 0.1) is 8.66 Å². The minimum Gasteiger partial charge on any atom is -0.356 e. The summed E-state index contributed by atoms with van der Waals surface area (Å²) in [5.41, 5.74) is 5.17. The number of Topliss-reactive ketones (excluding diaryl/α,β-unsaturated/α-hetero) is 1. The monoisotopic (exact) mass is 355 g/mol. The van der Waals surface area contributed by atoms with Crippen LogP contribution in [0.5, 0.6) is 0 Å². The topological polar surface area (TPSA) is 91.1 Å². The Kier molecular flexibility index (Phi) is 4.35. The molecule has 2 rings (SSSR count). The Hall–Kier alpha value is -1.93. The van der Waals surface area contributed by atoms with E-state index in [1.165, 1.54) is 30.5 Å². The number of hydrogen-bond acceptors (Lipinski definition) is 4. The van der Waals surface area contributed by atoms with Crippen molar-refractivity contribution in [1.29, 1.82) is 0 Å². The van der Waals surface area contributed by atoms with Gasteiger partial charge < -0.3 is 4.98 Å². The molecule has 0 spiro atoms. The summed E-state index contributed by atoms with van der Waals surface area (Å²) in [6.07, 6.45) is 1.44. The lowest BCUT2D eigenvalue weighted by atomic mass is 10.2. The van der Waals surface area contributed by atoms with E-state index in [1.54, 1.807) is 12.1 Å². The lowest BCUT2D eigenvalue weighted by Crippen LogP contribution is -2.41. The molecule has 2 heterocycles. The fourth-order valence-corrected chi connectivity index (χ4v) is 2.69. The molecule has 104 valence electrons. The number of rotatable bonds is 3. The summed E-state index contributed by atoms with van der Waals surface area (Å²) in [6.45, 7) is 1.40. The molecule has 0 fully saturated rings. The van der Waals surface area contributed by atoms with Crippen LogP contribution in [0.4, 0.5) is 0 Å². The number of carbonyl (C=O) groups is 3. The normalized spacial score (nSPS) is 10.1. The number of hydrogen-bond donors (Lipinski definition) is 3. The van der Waals surface area contributed by atoms with Gasteiger partial charge in [-0.2, -0.15) is 0 Å². The van der Waals surface area contributed by atoms with Crippen molar-refractivity contribution >= 4 is 44.9 Å². The zero-order valence-corrected chi connectivity index (χ0v) is 12.7. The third-order valence-corrected chi connectivity index (χ3v) is 4.04. The molecule has 0 atom stereocenters. The van der Waals surface area contributed by atoms with Crippen LogP contribution < -0.4 is 10.9 Å². The minimum absolute atomic E-state index is 0.146. The molecule has 0 aliphatic carbocycles. The quantitative estimate of drug-likeness (QED) is 0.581. The molecular formula is C12H10BrN3O3S. The van der Waals surface area contributed by atoms with Crippen molar-refractivity contribution in [3.63, 3.8) is 0 Å². The fraction of sp³-hybridized carbons (Fsp3) is 0.0833. The van der Waals surface area contributed by atoms with Crippen molar-refractivity contribution in [1.82, 2.24) is 15.8 Å². The summed E-state index contributed by atoms with van der Waals surface area (Å²) in [5, 5.41) is 0. The van der Waals surface area contributed by atoms with Crippen molar-refractivity contribution < 1.29 is 14.4 Å². The van der Waals surface area contributed by atoms with Gasteiger partial charge in [0.25, 0.3) is 11.8 Å². The van der Waals surface area contributed by atoms with Crippen LogP contribution in [0.25, 0.3) is 0 Å². The highest BCUT2D eigenvalue weighted by Crippen LogP contribution is 2.21. The van der Waals surface area contributed by atoms with E-state index >= 15 is 0 Å². The van der Waals surface area contributed by atoms with E-state index in [4.69, 9.17) is 0 Å². The summed E-state index contributed by atoms with van der Waals surface area (Å²) >= 11 is 4.50. The second kappa shape index (κ2) is 6.02. The minimum atomic E-state index is -0.526. The Balaban J connectivity index is 1.94. The molecule has 0 aliphatic rings. The molecule has 3 N–H and O–H groups in total. The molecule has 2 aromatic heterocycles. The van der Waals surface area contributed by atoms with Crippen LogP contribution in [0, 0.1) is 0 Å². The van der Waals surface area contributed by atoms with E-state index in [2.05, 4.69) is 31.8 Å². The first-order valence-electron chi connectivity index (χ1n) is 5.52. The van der Waals surface area contributed by atoms with Crippen LogP contribution in [0.3, 0.4) is 0 Å². The van der Waals surface area contributed by atoms with Crippen molar-refractivity contribution in [3.05, 3.63) is 44.3 Å². The molecule has 0 radical (unpaired) electrons. The number of thiophene rings is 1. The summed E-state index contributed by atoms with van der Waals surface area (Å²) in [5.74, 6) is -1.08. The third-order valence-electron chi connectivity index (χ3n) is 2.42. The molecule has 0 aromatic carbocycles. The molecule has 0 unspecified atom stereocenters. The lowest BCUT2D eigenvalue weighted by Gasteiger charge is -2.04. The number of hydrazine groups is 1. The lowest BCUT2D eigenvalue weighted by molar-refractivity contribution is 0.0846. The number of carbonyl (C=O) groups excluding carboxylic acids is 3. The maximum Gasteiger partial charge on any atom is 0.286 e. The second-order valence-electron chi connectivity index (χ2n) is 3.87. The molecule has 2 aromatic rings. The standard InChI is InChI=1S/C12H10BrN3O3S/c1-6(17)7-4-8(14-5-7)11(18)15-16-12(19)9-2-3-10(13)20-9/h2-5,14H,1H3,(H,15,18)(H,16,19). The van der Waals surface area contributed by atoms with Gasteiger partial charge in [-0.3, -0.25) is 25.2 Å². The van der Waals surface area contributed by atoms with Gasteiger partial charge in [-0.1, -0.05) is 0 Å². The highest BCUT2D eigenvalue weighted by molar-refractivity contribution is 9.11. The molecular weight excluding hydrogens is 346 g/mol. The van der Waals surface area contributed by atoms with Gasteiger partial charge in [0, 0.05) is 11.8 Å². The van der Waals surface area contributed by atoms with Gasteiger partial charge in [0.2, 0.25) is 0 Å². The Morgan fingerprint density at radius 3 is 2.45 bits per heavy atom. The van der Waals surface area contributed by atoms with Gasteiger partial charge in [-0.05, 0) is 41.1 Å². The van der Waals surface area contributed by atoms with Crippen LogP contribution in [-0.2, 0) is 0 Å². The largest absolute Gasteiger partial charge is 0.356 e. The second-order valence-corrected chi connectivity index (χ2v) is 6.33. The van der Waals surface area contributed by atoms with Crippen LogP contribution in [0.2, 0.25) is 0 Å². The average molecular weight is 356 g/mol. The van der Waals surface area contributed by atoms with E-state index in [1.807, 2.05) is 0 Å². The predicted molar refractivity (Wildman–Crippen MR) is 77.7 cm³/mol. The van der Waals surface area contributed by atoms with E-state index in [9.17, 15) is 14.4 Å². The van der Waals surface area contributed by atoms with E-state index in [-0.39, 0.29) is 11.5 Å². The first kappa shape index (κ1) is 14.5. The predicted octanol–water partition coefficient (Wildman–Crippen LogP) is 2.12. The third kappa shape index (κ3) is 3.34.